The van der Waals surface area contributed by atoms with E-state index in [1.807, 2.05) is 6.92 Å². The highest BCUT2D eigenvalue weighted by Gasteiger charge is 2.33. The molecule has 0 saturated heterocycles. The minimum Gasteiger partial charge on any atom is -0.463 e. The van der Waals surface area contributed by atoms with Crippen LogP contribution in [-0.2, 0) is 27.4 Å². The van der Waals surface area contributed by atoms with E-state index in [2.05, 4.69) is 9.98 Å². The summed E-state index contributed by atoms with van der Waals surface area (Å²) < 4.78 is 40.9. The van der Waals surface area contributed by atoms with Gasteiger partial charge in [-0.2, -0.15) is 13.4 Å². The summed E-state index contributed by atoms with van der Waals surface area (Å²) in [4.78, 5) is 22.8. The van der Waals surface area contributed by atoms with E-state index in [9.17, 15) is 13.2 Å². The van der Waals surface area contributed by atoms with E-state index in [4.69, 9.17) is 14.4 Å². The van der Waals surface area contributed by atoms with Crippen molar-refractivity contribution in [3.05, 3.63) is 70.2 Å². The van der Waals surface area contributed by atoms with Crippen LogP contribution in [0.25, 0.3) is 5.78 Å². The van der Waals surface area contributed by atoms with Gasteiger partial charge in [0.15, 0.2) is 11.6 Å². The number of imidazole rings is 1. The van der Waals surface area contributed by atoms with Crippen molar-refractivity contribution in [2.24, 2.45) is 16.8 Å². The van der Waals surface area contributed by atoms with Crippen molar-refractivity contribution >= 4 is 27.4 Å². The lowest BCUT2D eigenvalue weighted by Gasteiger charge is -2.21. The standard InChI is InChI=1S/C23H25N7O5S/c1-15-4-8-17(9-5-15)36(32,33)35-12-10-27-22-26-21-20(30(22)29(23(27)31)13-16-6-7-16)19(25-14-28(21)24)18-3-2-11-34-18/h2-5,8-9,11,16H,6-7,10,12-14,24H2,1H3. The van der Waals surface area contributed by atoms with Crippen LogP contribution in [0.5, 0.6) is 0 Å². The predicted octanol–water partition coefficient (Wildman–Crippen LogP) is 1.50. The minimum atomic E-state index is -3.97. The molecule has 188 valence electrons. The van der Waals surface area contributed by atoms with Crippen LogP contribution < -0.4 is 16.5 Å². The van der Waals surface area contributed by atoms with E-state index in [0.717, 1.165) is 18.4 Å². The summed E-state index contributed by atoms with van der Waals surface area (Å²) in [5, 5.41) is 1.41. The summed E-state index contributed by atoms with van der Waals surface area (Å²) in [5.74, 6) is 7.90. The van der Waals surface area contributed by atoms with E-state index < -0.39 is 10.1 Å². The summed E-state index contributed by atoms with van der Waals surface area (Å²) in [7, 11) is -3.97. The molecule has 0 atom stereocenters. The minimum absolute atomic E-state index is 0.0151. The molecule has 12 nitrogen and oxygen atoms in total. The zero-order valence-corrected chi connectivity index (χ0v) is 20.4. The van der Waals surface area contributed by atoms with Crippen LogP contribution in [0.2, 0.25) is 0 Å². The summed E-state index contributed by atoms with van der Waals surface area (Å²) >= 11 is 0. The number of aromatic nitrogens is 4. The van der Waals surface area contributed by atoms with Gasteiger partial charge < -0.3 is 4.42 Å². The molecule has 4 aromatic rings. The summed E-state index contributed by atoms with van der Waals surface area (Å²) in [6, 6.07) is 9.95. The highest BCUT2D eigenvalue weighted by Crippen LogP contribution is 2.32. The van der Waals surface area contributed by atoms with Gasteiger partial charge in [-0.05, 0) is 49.9 Å². The lowest BCUT2D eigenvalue weighted by atomic mass is 10.2. The van der Waals surface area contributed by atoms with Gasteiger partial charge in [-0.1, -0.05) is 17.7 Å². The zero-order chi connectivity index (χ0) is 25.0. The zero-order valence-electron chi connectivity index (χ0n) is 19.6. The van der Waals surface area contributed by atoms with Crippen LogP contribution in [-0.4, -0.2) is 46.2 Å². The van der Waals surface area contributed by atoms with Gasteiger partial charge in [0.05, 0.1) is 24.3 Å². The van der Waals surface area contributed by atoms with Gasteiger partial charge in [0, 0.05) is 6.54 Å². The van der Waals surface area contributed by atoms with Crippen LogP contribution in [0.1, 0.15) is 29.9 Å². The van der Waals surface area contributed by atoms with Crippen molar-refractivity contribution in [2.45, 2.75) is 37.8 Å². The van der Waals surface area contributed by atoms with Gasteiger partial charge in [0.1, 0.15) is 18.1 Å². The Kier molecular flexibility index (Phi) is 5.35. The predicted molar refractivity (Wildman–Crippen MR) is 130 cm³/mol. The normalized spacial score (nSPS) is 15.9. The molecule has 3 aromatic heterocycles. The molecule has 0 bridgehead atoms. The van der Waals surface area contributed by atoms with Gasteiger partial charge in [-0.25, -0.2) is 19.8 Å². The van der Waals surface area contributed by atoms with E-state index in [1.165, 1.54) is 21.7 Å². The van der Waals surface area contributed by atoms with Crippen molar-refractivity contribution in [1.82, 2.24) is 18.7 Å². The highest BCUT2D eigenvalue weighted by molar-refractivity contribution is 7.86. The molecule has 0 amide bonds. The Morgan fingerprint density at radius 1 is 1.19 bits per heavy atom. The summed E-state index contributed by atoms with van der Waals surface area (Å²) in [5.41, 5.74) is 1.73. The maximum Gasteiger partial charge on any atom is 0.346 e. The van der Waals surface area contributed by atoms with Crippen LogP contribution in [0.15, 0.2) is 61.8 Å². The van der Waals surface area contributed by atoms with E-state index >= 15 is 0 Å². The van der Waals surface area contributed by atoms with E-state index in [-0.39, 0.29) is 30.4 Å². The summed E-state index contributed by atoms with van der Waals surface area (Å²) in [6.07, 6.45) is 3.63. The van der Waals surface area contributed by atoms with Crippen molar-refractivity contribution < 1.29 is 17.0 Å². The molecular weight excluding hydrogens is 486 g/mol. The second kappa shape index (κ2) is 8.47. The number of aryl methyl sites for hydroxylation is 1. The number of furan rings is 1. The van der Waals surface area contributed by atoms with Crippen molar-refractivity contribution in [3.63, 3.8) is 0 Å². The SMILES string of the molecule is Cc1ccc(S(=O)(=O)OCCn2c(=O)n(CC3CC3)n3c4c(nc23)N(N)CN=C4c2ccco2)cc1. The first kappa shape index (κ1) is 22.8. The second-order valence-electron chi connectivity index (χ2n) is 9.04. The first-order valence-electron chi connectivity index (χ1n) is 11.6. The molecule has 0 unspecified atom stereocenters. The molecule has 0 radical (unpaired) electrons. The molecule has 0 spiro atoms. The maximum atomic E-state index is 13.5. The highest BCUT2D eigenvalue weighted by atomic mass is 32.2. The largest absolute Gasteiger partial charge is 0.463 e. The average Bonchev–Trinajstić information content (AvgIpc) is 3.25. The van der Waals surface area contributed by atoms with Gasteiger partial charge in [0.2, 0.25) is 5.78 Å². The molecule has 2 N–H and O–H groups in total. The molecule has 1 saturated carbocycles. The first-order valence-corrected chi connectivity index (χ1v) is 13.0. The third-order valence-electron chi connectivity index (χ3n) is 6.38. The fourth-order valence-electron chi connectivity index (χ4n) is 4.32. The number of nitrogens with two attached hydrogens (primary N) is 1. The summed E-state index contributed by atoms with van der Waals surface area (Å²) in [6.45, 7) is 2.30. The lowest BCUT2D eigenvalue weighted by Crippen LogP contribution is -2.37. The number of hydrazine groups is 1. The Bertz CT molecular complexity index is 1620. The van der Waals surface area contributed by atoms with Crippen molar-refractivity contribution in [2.75, 3.05) is 18.3 Å². The molecule has 6 rings (SSSR count). The average molecular weight is 512 g/mol. The topological polar surface area (TPSA) is 142 Å². The van der Waals surface area contributed by atoms with Crippen molar-refractivity contribution in [3.8, 4) is 0 Å². The smallest absolute Gasteiger partial charge is 0.346 e. The number of hydrogen-bond donors (Lipinski definition) is 1. The number of nitrogens with zero attached hydrogens (tertiary/aromatic N) is 6. The molecule has 1 aliphatic carbocycles. The molecule has 4 heterocycles. The molecule has 2 aliphatic rings. The second-order valence-corrected chi connectivity index (χ2v) is 10.7. The monoisotopic (exact) mass is 511 g/mol. The third kappa shape index (κ3) is 3.85. The molecule has 1 aliphatic heterocycles. The lowest BCUT2D eigenvalue weighted by molar-refractivity contribution is 0.299. The van der Waals surface area contributed by atoms with Gasteiger partial charge in [0.25, 0.3) is 10.1 Å². The Morgan fingerprint density at radius 3 is 2.67 bits per heavy atom. The third-order valence-corrected chi connectivity index (χ3v) is 7.70. The molecule has 36 heavy (non-hydrogen) atoms. The van der Waals surface area contributed by atoms with Crippen LogP contribution in [0.4, 0.5) is 5.82 Å². The molecule has 13 heteroatoms. The van der Waals surface area contributed by atoms with E-state index in [1.54, 1.807) is 39.7 Å². The van der Waals surface area contributed by atoms with Crippen LogP contribution >= 0.6 is 0 Å². The van der Waals surface area contributed by atoms with Gasteiger partial charge in [-0.15, -0.1) is 0 Å². The molecule has 1 aromatic carbocycles. The molecular formula is C23H25N7O5S. The van der Waals surface area contributed by atoms with Gasteiger partial charge >= 0.3 is 5.69 Å². The number of fused-ring (bicyclic) bond motifs is 3. The van der Waals surface area contributed by atoms with Crippen molar-refractivity contribution in [1.29, 1.82) is 0 Å². The number of anilines is 1. The fraction of sp³-hybridized carbons (Fsp3) is 0.348. The number of rotatable bonds is 8. The number of aliphatic imine (C=N–C) groups is 1. The van der Waals surface area contributed by atoms with Crippen LogP contribution in [0, 0.1) is 12.8 Å². The fourth-order valence-corrected chi connectivity index (χ4v) is 5.22. The Hall–Kier alpha value is -3.68. The maximum absolute atomic E-state index is 13.5. The Morgan fingerprint density at radius 2 is 1.97 bits per heavy atom. The van der Waals surface area contributed by atoms with Gasteiger partial charge in [-0.3, -0.25) is 18.8 Å². The quantitative estimate of drug-likeness (QED) is 0.277. The first-order chi connectivity index (χ1) is 17.3. The Balaban J connectivity index is 1.39. The van der Waals surface area contributed by atoms with Crippen LogP contribution in [0.3, 0.4) is 0 Å². The number of benzene rings is 1. The molecule has 1 fully saturated rings. The van der Waals surface area contributed by atoms with E-state index in [0.29, 0.717) is 41.2 Å². The Labute approximate surface area is 206 Å². The number of hydrogen-bond acceptors (Lipinski definition) is 9.